The molecule has 21 heavy (non-hydrogen) atoms. The SMILES string of the molecule is CCCCCCCCCCCCNCCCN1CCCC1. The lowest BCUT2D eigenvalue weighted by Gasteiger charge is -2.14. The fraction of sp³-hybridized carbons (Fsp3) is 1.00. The first-order valence-electron chi connectivity index (χ1n) is 9.86. The van der Waals surface area contributed by atoms with Crippen LogP contribution < -0.4 is 5.32 Å². The molecule has 0 amide bonds. The molecule has 1 heterocycles. The molecule has 1 rings (SSSR count). The number of nitrogens with zero attached hydrogens (tertiary/aromatic N) is 1. The van der Waals surface area contributed by atoms with Crippen LogP contribution in [0.25, 0.3) is 0 Å². The molecule has 0 aromatic rings. The van der Waals surface area contributed by atoms with Gasteiger partial charge in [-0.2, -0.15) is 0 Å². The predicted octanol–water partition coefficient (Wildman–Crippen LogP) is 4.98. The molecule has 1 saturated heterocycles. The average Bonchev–Trinajstić information content (AvgIpc) is 3.01. The molecule has 0 aromatic heterocycles. The molecular weight excluding hydrogens is 256 g/mol. The Morgan fingerprint density at radius 3 is 1.81 bits per heavy atom. The van der Waals surface area contributed by atoms with Gasteiger partial charge in [0.1, 0.15) is 0 Å². The van der Waals surface area contributed by atoms with Crippen molar-refractivity contribution in [2.24, 2.45) is 0 Å². The fourth-order valence-electron chi connectivity index (χ4n) is 3.30. The third-order valence-electron chi connectivity index (χ3n) is 4.73. The summed E-state index contributed by atoms with van der Waals surface area (Å²) in [6.07, 6.45) is 18.5. The number of hydrogen-bond acceptors (Lipinski definition) is 2. The van der Waals surface area contributed by atoms with Gasteiger partial charge in [-0.25, -0.2) is 0 Å². The van der Waals surface area contributed by atoms with Gasteiger partial charge < -0.3 is 10.2 Å². The monoisotopic (exact) mass is 296 g/mol. The fourth-order valence-corrected chi connectivity index (χ4v) is 3.30. The van der Waals surface area contributed by atoms with E-state index in [1.807, 2.05) is 0 Å². The number of hydrogen-bond donors (Lipinski definition) is 1. The van der Waals surface area contributed by atoms with E-state index in [0.717, 1.165) is 0 Å². The zero-order valence-corrected chi connectivity index (χ0v) is 14.7. The molecule has 1 fully saturated rings. The zero-order chi connectivity index (χ0) is 15.0. The predicted molar refractivity (Wildman–Crippen MR) is 95.0 cm³/mol. The molecule has 0 aliphatic carbocycles. The Balaban J connectivity index is 1.65. The van der Waals surface area contributed by atoms with E-state index >= 15 is 0 Å². The maximum atomic E-state index is 3.61. The molecule has 0 spiro atoms. The van der Waals surface area contributed by atoms with Crippen LogP contribution in [0.2, 0.25) is 0 Å². The van der Waals surface area contributed by atoms with Gasteiger partial charge in [0.15, 0.2) is 0 Å². The molecular formula is C19H40N2. The standard InChI is InChI=1S/C19H40N2/c1-2-3-4-5-6-7-8-9-10-11-15-20-16-14-19-21-17-12-13-18-21/h20H,2-19H2,1H3. The van der Waals surface area contributed by atoms with Crippen molar-refractivity contribution in [3.63, 3.8) is 0 Å². The summed E-state index contributed by atoms with van der Waals surface area (Å²) in [5, 5.41) is 3.61. The minimum Gasteiger partial charge on any atom is -0.317 e. The van der Waals surface area contributed by atoms with Crippen molar-refractivity contribution in [3.05, 3.63) is 0 Å². The van der Waals surface area contributed by atoms with E-state index in [9.17, 15) is 0 Å². The largest absolute Gasteiger partial charge is 0.317 e. The van der Waals surface area contributed by atoms with Crippen LogP contribution in [0.3, 0.4) is 0 Å². The van der Waals surface area contributed by atoms with Gasteiger partial charge in [0.05, 0.1) is 0 Å². The highest BCUT2D eigenvalue weighted by Gasteiger charge is 2.09. The maximum Gasteiger partial charge on any atom is -0.000664 e. The number of likely N-dealkylation sites (tertiary alicyclic amines) is 1. The Bertz CT molecular complexity index is 200. The van der Waals surface area contributed by atoms with Gasteiger partial charge in [0, 0.05) is 0 Å². The molecule has 1 aliphatic heterocycles. The molecule has 1 N–H and O–H groups in total. The van der Waals surface area contributed by atoms with E-state index < -0.39 is 0 Å². The van der Waals surface area contributed by atoms with Crippen LogP contribution in [0.1, 0.15) is 90.4 Å². The first kappa shape index (κ1) is 19.0. The first-order valence-corrected chi connectivity index (χ1v) is 9.86. The second-order valence-corrected chi connectivity index (χ2v) is 6.83. The summed E-state index contributed by atoms with van der Waals surface area (Å²) in [5.74, 6) is 0. The second-order valence-electron chi connectivity index (χ2n) is 6.83. The Morgan fingerprint density at radius 1 is 0.667 bits per heavy atom. The average molecular weight is 297 g/mol. The highest BCUT2D eigenvalue weighted by Crippen LogP contribution is 2.10. The number of unbranched alkanes of at least 4 members (excludes halogenated alkanes) is 9. The van der Waals surface area contributed by atoms with Gasteiger partial charge in [0.2, 0.25) is 0 Å². The number of nitrogens with one attached hydrogen (secondary N) is 1. The molecule has 1 aliphatic rings. The first-order chi connectivity index (χ1) is 10.4. The van der Waals surface area contributed by atoms with E-state index in [0.29, 0.717) is 0 Å². The third kappa shape index (κ3) is 12.2. The summed E-state index contributed by atoms with van der Waals surface area (Å²) in [6.45, 7) is 8.74. The van der Waals surface area contributed by atoms with Crippen molar-refractivity contribution in [2.45, 2.75) is 90.4 Å². The van der Waals surface area contributed by atoms with E-state index in [4.69, 9.17) is 0 Å². The van der Waals surface area contributed by atoms with Crippen LogP contribution in [0.5, 0.6) is 0 Å². The second kappa shape index (κ2) is 14.8. The molecule has 2 heteroatoms. The van der Waals surface area contributed by atoms with Crippen LogP contribution in [0.4, 0.5) is 0 Å². The van der Waals surface area contributed by atoms with Crippen molar-refractivity contribution < 1.29 is 0 Å². The van der Waals surface area contributed by atoms with E-state index in [1.165, 1.54) is 116 Å². The van der Waals surface area contributed by atoms with Gasteiger partial charge in [-0.05, 0) is 58.4 Å². The summed E-state index contributed by atoms with van der Waals surface area (Å²) in [5.41, 5.74) is 0. The Kier molecular flexibility index (Phi) is 13.4. The van der Waals surface area contributed by atoms with Crippen LogP contribution >= 0.6 is 0 Å². The molecule has 0 atom stereocenters. The van der Waals surface area contributed by atoms with Crippen LogP contribution in [-0.2, 0) is 0 Å². The van der Waals surface area contributed by atoms with Crippen LogP contribution in [0.15, 0.2) is 0 Å². The summed E-state index contributed by atoms with van der Waals surface area (Å²) in [7, 11) is 0. The van der Waals surface area contributed by atoms with Crippen molar-refractivity contribution >= 4 is 0 Å². The van der Waals surface area contributed by atoms with Crippen molar-refractivity contribution in [1.82, 2.24) is 10.2 Å². The summed E-state index contributed by atoms with van der Waals surface area (Å²) >= 11 is 0. The molecule has 0 aromatic carbocycles. The van der Waals surface area contributed by atoms with Crippen LogP contribution in [0, 0.1) is 0 Å². The summed E-state index contributed by atoms with van der Waals surface area (Å²) in [4.78, 5) is 2.61. The van der Waals surface area contributed by atoms with Gasteiger partial charge in [0.25, 0.3) is 0 Å². The third-order valence-corrected chi connectivity index (χ3v) is 4.73. The van der Waals surface area contributed by atoms with Crippen molar-refractivity contribution in [2.75, 3.05) is 32.7 Å². The lowest BCUT2D eigenvalue weighted by atomic mass is 10.1. The Hall–Kier alpha value is -0.0800. The van der Waals surface area contributed by atoms with Crippen molar-refractivity contribution in [3.8, 4) is 0 Å². The lowest BCUT2D eigenvalue weighted by molar-refractivity contribution is 0.331. The minimum atomic E-state index is 1.22. The van der Waals surface area contributed by atoms with Crippen molar-refractivity contribution in [1.29, 1.82) is 0 Å². The molecule has 0 bridgehead atoms. The van der Waals surface area contributed by atoms with E-state index in [-0.39, 0.29) is 0 Å². The van der Waals surface area contributed by atoms with Gasteiger partial charge in [-0.1, -0.05) is 64.7 Å². The van der Waals surface area contributed by atoms with E-state index in [1.54, 1.807) is 0 Å². The lowest BCUT2D eigenvalue weighted by Crippen LogP contribution is -2.25. The highest BCUT2D eigenvalue weighted by molar-refractivity contribution is 4.66. The summed E-state index contributed by atoms with van der Waals surface area (Å²) in [6, 6.07) is 0. The quantitative estimate of drug-likeness (QED) is 0.429. The molecule has 0 saturated carbocycles. The highest BCUT2D eigenvalue weighted by atomic mass is 15.1. The minimum absolute atomic E-state index is 1.22. The van der Waals surface area contributed by atoms with Gasteiger partial charge in [-0.15, -0.1) is 0 Å². The van der Waals surface area contributed by atoms with Crippen LogP contribution in [-0.4, -0.2) is 37.6 Å². The maximum absolute atomic E-state index is 3.61. The smallest absolute Gasteiger partial charge is 0.000664 e. The Labute approximate surface area is 134 Å². The molecule has 126 valence electrons. The van der Waals surface area contributed by atoms with Gasteiger partial charge >= 0.3 is 0 Å². The normalized spacial score (nSPS) is 15.9. The number of rotatable bonds is 15. The topological polar surface area (TPSA) is 15.3 Å². The summed E-state index contributed by atoms with van der Waals surface area (Å²) < 4.78 is 0. The zero-order valence-electron chi connectivity index (χ0n) is 14.7. The Morgan fingerprint density at radius 2 is 1.19 bits per heavy atom. The molecule has 2 nitrogen and oxygen atoms in total. The molecule has 0 radical (unpaired) electrons. The molecule has 0 unspecified atom stereocenters. The van der Waals surface area contributed by atoms with E-state index in [2.05, 4.69) is 17.1 Å². The van der Waals surface area contributed by atoms with Gasteiger partial charge in [-0.3, -0.25) is 0 Å².